The number of carbonyl (C=O) groups is 1. The summed E-state index contributed by atoms with van der Waals surface area (Å²) in [5, 5.41) is 3.59. The Kier molecular flexibility index (Phi) is 6.43. The van der Waals surface area contributed by atoms with Gasteiger partial charge in [0.05, 0.1) is 23.8 Å². The summed E-state index contributed by atoms with van der Waals surface area (Å²) in [5.41, 5.74) is 1.04. The molecule has 3 rings (SSSR count). The van der Waals surface area contributed by atoms with Crippen molar-refractivity contribution < 1.29 is 17.9 Å². The Morgan fingerprint density at radius 2 is 1.75 bits per heavy atom. The third-order valence-corrected chi connectivity index (χ3v) is 5.96. The Balaban J connectivity index is 1.68. The molecule has 1 atom stereocenters. The van der Waals surface area contributed by atoms with Gasteiger partial charge in [0.2, 0.25) is 5.91 Å². The predicted octanol–water partition coefficient (Wildman–Crippen LogP) is 2.80. The zero-order valence-electron chi connectivity index (χ0n) is 15.4. The van der Waals surface area contributed by atoms with Gasteiger partial charge in [0, 0.05) is 23.8 Å². The van der Waals surface area contributed by atoms with Gasteiger partial charge >= 0.3 is 0 Å². The molecule has 2 N–H and O–H groups in total. The highest BCUT2D eigenvalue weighted by atomic mass is 35.5. The Hall–Kier alpha value is -2.29. The molecule has 1 aliphatic rings. The molecule has 1 fully saturated rings. The molecule has 1 aliphatic heterocycles. The van der Waals surface area contributed by atoms with Crippen LogP contribution in [0, 0.1) is 0 Å². The van der Waals surface area contributed by atoms with Gasteiger partial charge in [-0.05, 0) is 49.4 Å². The van der Waals surface area contributed by atoms with Crippen LogP contribution in [0.5, 0.6) is 0 Å². The van der Waals surface area contributed by atoms with Crippen LogP contribution in [0.3, 0.4) is 0 Å². The molecule has 0 bridgehead atoms. The third-order valence-electron chi connectivity index (χ3n) is 4.32. The van der Waals surface area contributed by atoms with Gasteiger partial charge in [0.25, 0.3) is 10.0 Å². The Morgan fingerprint density at radius 3 is 2.43 bits per heavy atom. The minimum atomic E-state index is -3.73. The molecule has 1 amide bonds. The Labute approximate surface area is 169 Å². The highest BCUT2D eigenvalue weighted by Gasteiger charge is 2.22. The number of carbonyl (C=O) groups excluding carboxylic acids is 1. The topological polar surface area (TPSA) is 87.7 Å². The number of rotatable bonds is 6. The lowest BCUT2D eigenvalue weighted by Crippen LogP contribution is -2.46. The molecule has 0 aliphatic carbocycles. The number of benzene rings is 2. The summed E-state index contributed by atoms with van der Waals surface area (Å²) in [4.78, 5) is 14.4. The summed E-state index contributed by atoms with van der Waals surface area (Å²) in [6.45, 7) is 4.01. The molecule has 1 heterocycles. The Bertz CT molecular complexity index is 928. The van der Waals surface area contributed by atoms with E-state index in [9.17, 15) is 13.2 Å². The fraction of sp³-hybridized carbons (Fsp3) is 0.316. The van der Waals surface area contributed by atoms with Crippen molar-refractivity contribution in [1.29, 1.82) is 0 Å². The van der Waals surface area contributed by atoms with Crippen LogP contribution in [0.25, 0.3) is 0 Å². The summed E-state index contributed by atoms with van der Waals surface area (Å²) in [6.07, 6.45) is 0. The molecule has 0 spiro atoms. The van der Waals surface area contributed by atoms with Crippen molar-refractivity contribution in [2.45, 2.75) is 17.9 Å². The standard InChI is InChI=1S/C19H22ClN3O4S/c1-14(19(24)23-9-11-27-12-10-23)21-16-3-2-4-17(13-16)22-28(25,26)18-7-5-15(20)6-8-18/h2-8,13-14,21-22H,9-12H2,1H3/t14-/m1/s1. The third kappa shape index (κ3) is 5.15. The fourth-order valence-electron chi connectivity index (χ4n) is 2.87. The van der Waals surface area contributed by atoms with E-state index in [0.717, 1.165) is 0 Å². The van der Waals surface area contributed by atoms with Gasteiger partial charge < -0.3 is 15.0 Å². The highest BCUT2D eigenvalue weighted by Crippen LogP contribution is 2.21. The van der Waals surface area contributed by atoms with Crippen molar-refractivity contribution >= 4 is 38.9 Å². The van der Waals surface area contributed by atoms with Gasteiger partial charge in [-0.25, -0.2) is 8.42 Å². The average Bonchev–Trinajstić information content (AvgIpc) is 2.68. The predicted molar refractivity (Wildman–Crippen MR) is 109 cm³/mol. The molecular formula is C19H22ClN3O4S. The molecule has 150 valence electrons. The number of amides is 1. The normalized spacial score (nSPS) is 15.7. The first-order valence-electron chi connectivity index (χ1n) is 8.87. The van der Waals surface area contributed by atoms with Gasteiger partial charge in [-0.15, -0.1) is 0 Å². The summed E-state index contributed by atoms with van der Waals surface area (Å²) in [5.74, 6) is -0.0181. The molecule has 0 saturated carbocycles. The summed E-state index contributed by atoms with van der Waals surface area (Å²) >= 11 is 5.81. The maximum atomic E-state index is 12.5. The molecule has 9 heteroatoms. The van der Waals surface area contributed by atoms with E-state index in [2.05, 4.69) is 10.0 Å². The molecular weight excluding hydrogens is 402 g/mol. The van der Waals surface area contributed by atoms with Crippen LogP contribution in [-0.4, -0.2) is 51.6 Å². The molecule has 2 aromatic carbocycles. The van der Waals surface area contributed by atoms with E-state index in [-0.39, 0.29) is 10.8 Å². The summed E-state index contributed by atoms with van der Waals surface area (Å²) in [6, 6.07) is 12.3. The number of sulfonamides is 1. The van der Waals surface area contributed by atoms with E-state index in [1.165, 1.54) is 24.3 Å². The average molecular weight is 424 g/mol. The number of anilines is 2. The maximum Gasteiger partial charge on any atom is 0.261 e. The molecule has 1 saturated heterocycles. The van der Waals surface area contributed by atoms with Crippen molar-refractivity contribution in [3.63, 3.8) is 0 Å². The zero-order chi connectivity index (χ0) is 20.1. The number of morpholine rings is 1. The van der Waals surface area contributed by atoms with E-state index < -0.39 is 16.1 Å². The van der Waals surface area contributed by atoms with Gasteiger partial charge in [0.15, 0.2) is 0 Å². The second-order valence-corrected chi connectivity index (χ2v) is 8.56. The summed E-state index contributed by atoms with van der Waals surface area (Å²) in [7, 11) is -3.73. The first kappa shape index (κ1) is 20.4. The molecule has 28 heavy (non-hydrogen) atoms. The molecule has 0 radical (unpaired) electrons. The minimum Gasteiger partial charge on any atom is -0.378 e. The monoisotopic (exact) mass is 423 g/mol. The minimum absolute atomic E-state index is 0.0181. The van der Waals surface area contributed by atoms with Gasteiger partial charge in [-0.3, -0.25) is 9.52 Å². The quantitative estimate of drug-likeness (QED) is 0.745. The number of nitrogens with one attached hydrogen (secondary N) is 2. The number of ether oxygens (including phenoxy) is 1. The van der Waals surface area contributed by atoms with E-state index in [0.29, 0.717) is 42.7 Å². The van der Waals surface area contributed by atoms with Crippen molar-refractivity contribution in [1.82, 2.24) is 4.90 Å². The number of nitrogens with zero attached hydrogens (tertiary/aromatic N) is 1. The molecule has 0 aromatic heterocycles. The largest absolute Gasteiger partial charge is 0.378 e. The second-order valence-electron chi connectivity index (χ2n) is 6.44. The first-order valence-corrected chi connectivity index (χ1v) is 10.7. The first-order chi connectivity index (χ1) is 13.3. The maximum absolute atomic E-state index is 12.5. The van der Waals surface area contributed by atoms with Crippen LogP contribution in [-0.2, 0) is 19.6 Å². The van der Waals surface area contributed by atoms with E-state index in [1.54, 1.807) is 36.1 Å². The molecule has 7 nitrogen and oxygen atoms in total. The van der Waals surface area contributed by atoms with Gasteiger partial charge in [-0.2, -0.15) is 0 Å². The Morgan fingerprint density at radius 1 is 1.11 bits per heavy atom. The molecule has 0 unspecified atom stereocenters. The van der Waals surface area contributed by atoms with Crippen LogP contribution in [0.2, 0.25) is 5.02 Å². The summed E-state index contributed by atoms with van der Waals surface area (Å²) < 4.78 is 32.8. The van der Waals surface area contributed by atoms with E-state index in [1.807, 2.05) is 0 Å². The fourth-order valence-corrected chi connectivity index (χ4v) is 4.05. The van der Waals surface area contributed by atoms with Crippen molar-refractivity contribution in [2.24, 2.45) is 0 Å². The lowest BCUT2D eigenvalue weighted by molar-refractivity contribution is -0.135. The van der Waals surface area contributed by atoms with Crippen molar-refractivity contribution in [3.8, 4) is 0 Å². The van der Waals surface area contributed by atoms with E-state index >= 15 is 0 Å². The van der Waals surface area contributed by atoms with Crippen LogP contribution in [0.1, 0.15) is 6.92 Å². The number of halogens is 1. The van der Waals surface area contributed by atoms with Crippen LogP contribution < -0.4 is 10.0 Å². The lowest BCUT2D eigenvalue weighted by Gasteiger charge is -2.29. The lowest BCUT2D eigenvalue weighted by atomic mass is 10.2. The zero-order valence-corrected chi connectivity index (χ0v) is 17.0. The van der Waals surface area contributed by atoms with E-state index in [4.69, 9.17) is 16.3 Å². The van der Waals surface area contributed by atoms with Crippen LogP contribution in [0.4, 0.5) is 11.4 Å². The van der Waals surface area contributed by atoms with Gasteiger partial charge in [0.1, 0.15) is 6.04 Å². The number of hydrogen-bond donors (Lipinski definition) is 2. The van der Waals surface area contributed by atoms with Crippen molar-refractivity contribution in [2.75, 3.05) is 36.3 Å². The smallest absolute Gasteiger partial charge is 0.261 e. The van der Waals surface area contributed by atoms with Crippen molar-refractivity contribution in [3.05, 3.63) is 53.6 Å². The highest BCUT2D eigenvalue weighted by molar-refractivity contribution is 7.92. The van der Waals surface area contributed by atoms with Gasteiger partial charge in [-0.1, -0.05) is 17.7 Å². The molecule has 2 aromatic rings. The van der Waals surface area contributed by atoms with Crippen LogP contribution >= 0.6 is 11.6 Å². The number of hydrogen-bond acceptors (Lipinski definition) is 5. The second kappa shape index (κ2) is 8.81. The SMILES string of the molecule is C[C@@H](Nc1cccc(NS(=O)(=O)c2ccc(Cl)cc2)c1)C(=O)N1CCOCC1. The van der Waals surface area contributed by atoms with Crippen LogP contribution in [0.15, 0.2) is 53.4 Å².